The third-order valence-electron chi connectivity index (χ3n) is 7.92. The monoisotopic (exact) mass is 509 g/mol. The summed E-state index contributed by atoms with van der Waals surface area (Å²) < 4.78 is 7.87. The van der Waals surface area contributed by atoms with Crippen LogP contribution in [-0.4, -0.2) is 50.3 Å². The zero-order valence-electron chi connectivity index (χ0n) is 22.7. The van der Waals surface area contributed by atoms with Crippen LogP contribution >= 0.6 is 0 Å². The SMILES string of the molecule is CC(=O)N1CCc2c(c(-c3cccc4cc(-c5ccc(C(C)(C)C)nc5)ncc34)nn2C2CCOCC2)C1. The number of fused-ring (bicyclic) bond motifs is 2. The minimum atomic E-state index is 0.00933. The molecule has 1 fully saturated rings. The van der Waals surface area contributed by atoms with E-state index >= 15 is 0 Å². The summed E-state index contributed by atoms with van der Waals surface area (Å²) in [4.78, 5) is 23.8. The van der Waals surface area contributed by atoms with Gasteiger partial charge in [-0.2, -0.15) is 5.10 Å². The molecule has 0 unspecified atom stereocenters. The van der Waals surface area contributed by atoms with Crippen molar-refractivity contribution in [1.82, 2.24) is 24.6 Å². The highest BCUT2D eigenvalue weighted by atomic mass is 16.5. The van der Waals surface area contributed by atoms with Gasteiger partial charge in [-0.05, 0) is 36.4 Å². The summed E-state index contributed by atoms with van der Waals surface area (Å²) in [5, 5.41) is 7.41. The predicted molar refractivity (Wildman–Crippen MR) is 149 cm³/mol. The smallest absolute Gasteiger partial charge is 0.219 e. The molecule has 0 bridgehead atoms. The second kappa shape index (κ2) is 9.62. The van der Waals surface area contributed by atoms with Crippen molar-refractivity contribution < 1.29 is 9.53 Å². The van der Waals surface area contributed by atoms with Crippen molar-refractivity contribution in [2.75, 3.05) is 19.8 Å². The molecule has 0 radical (unpaired) electrons. The number of hydrogen-bond acceptors (Lipinski definition) is 5. The van der Waals surface area contributed by atoms with Gasteiger partial charge >= 0.3 is 0 Å². The number of pyridine rings is 2. The summed E-state index contributed by atoms with van der Waals surface area (Å²) in [5.41, 5.74) is 7.43. The van der Waals surface area contributed by atoms with Crippen LogP contribution in [0.2, 0.25) is 0 Å². The molecule has 4 aromatic rings. The zero-order valence-corrected chi connectivity index (χ0v) is 22.7. The highest BCUT2D eigenvalue weighted by Crippen LogP contribution is 2.37. The summed E-state index contributed by atoms with van der Waals surface area (Å²) in [5.74, 6) is 0.107. The van der Waals surface area contributed by atoms with Gasteiger partial charge in [0.05, 0.1) is 17.4 Å². The van der Waals surface area contributed by atoms with Crippen molar-refractivity contribution in [3.05, 3.63) is 65.7 Å². The number of nitrogens with zero attached hydrogens (tertiary/aromatic N) is 5. The molecule has 0 atom stereocenters. The van der Waals surface area contributed by atoms with E-state index in [1.165, 1.54) is 5.69 Å². The van der Waals surface area contributed by atoms with E-state index in [0.717, 1.165) is 83.6 Å². The summed E-state index contributed by atoms with van der Waals surface area (Å²) in [6, 6.07) is 13.0. The molecular formula is C31H35N5O2. The van der Waals surface area contributed by atoms with E-state index in [4.69, 9.17) is 19.8 Å². The van der Waals surface area contributed by atoms with Crippen molar-refractivity contribution in [3.8, 4) is 22.5 Å². The first kappa shape index (κ1) is 24.7. The Morgan fingerprint density at radius 1 is 1.05 bits per heavy atom. The Labute approximate surface area is 223 Å². The summed E-state index contributed by atoms with van der Waals surface area (Å²) in [6.45, 7) is 11.0. The van der Waals surface area contributed by atoms with Gasteiger partial charge in [-0.15, -0.1) is 0 Å². The van der Waals surface area contributed by atoms with Gasteiger partial charge in [0.1, 0.15) is 0 Å². The lowest BCUT2D eigenvalue weighted by Crippen LogP contribution is -2.35. The maximum atomic E-state index is 12.3. The van der Waals surface area contributed by atoms with Crippen LogP contribution in [0.1, 0.15) is 63.5 Å². The Morgan fingerprint density at radius 2 is 1.87 bits per heavy atom. The van der Waals surface area contributed by atoms with Gasteiger partial charge in [0, 0.05) is 90.9 Å². The first-order valence-electron chi connectivity index (χ1n) is 13.6. The van der Waals surface area contributed by atoms with Crippen molar-refractivity contribution in [2.45, 2.75) is 65.0 Å². The minimum Gasteiger partial charge on any atom is -0.381 e. The number of carbonyl (C=O) groups excluding carboxylic acids is 1. The van der Waals surface area contributed by atoms with E-state index < -0.39 is 0 Å². The van der Waals surface area contributed by atoms with Crippen LogP contribution in [-0.2, 0) is 27.9 Å². The molecule has 1 saturated heterocycles. The molecule has 2 aliphatic heterocycles. The van der Waals surface area contributed by atoms with E-state index in [0.29, 0.717) is 12.6 Å². The normalized spacial score (nSPS) is 16.6. The predicted octanol–water partition coefficient (Wildman–Crippen LogP) is 5.71. The zero-order chi connectivity index (χ0) is 26.4. The molecule has 7 nitrogen and oxygen atoms in total. The second-order valence-electron chi connectivity index (χ2n) is 11.5. The lowest BCUT2D eigenvalue weighted by atomic mass is 9.91. The third-order valence-corrected chi connectivity index (χ3v) is 7.92. The number of carbonyl (C=O) groups is 1. The Bertz CT molecular complexity index is 1490. The maximum absolute atomic E-state index is 12.3. The lowest BCUT2D eigenvalue weighted by molar-refractivity contribution is -0.129. The second-order valence-corrected chi connectivity index (χ2v) is 11.5. The Hall–Kier alpha value is -3.58. The summed E-state index contributed by atoms with van der Waals surface area (Å²) in [6.07, 6.45) is 6.63. The Balaban J connectivity index is 1.43. The average Bonchev–Trinajstić information content (AvgIpc) is 3.31. The van der Waals surface area contributed by atoms with Crippen LogP contribution < -0.4 is 0 Å². The van der Waals surface area contributed by atoms with E-state index in [1.807, 2.05) is 17.3 Å². The average molecular weight is 510 g/mol. The molecule has 1 aromatic carbocycles. The molecule has 2 aliphatic rings. The highest BCUT2D eigenvalue weighted by Gasteiger charge is 2.30. The fraction of sp³-hybridized carbons (Fsp3) is 0.419. The van der Waals surface area contributed by atoms with E-state index in [9.17, 15) is 4.79 Å². The van der Waals surface area contributed by atoms with E-state index in [-0.39, 0.29) is 11.3 Å². The summed E-state index contributed by atoms with van der Waals surface area (Å²) in [7, 11) is 0. The van der Waals surface area contributed by atoms with Gasteiger partial charge in [0.2, 0.25) is 5.91 Å². The van der Waals surface area contributed by atoms with Crippen LogP contribution in [0.4, 0.5) is 0 Å². The topological polar surface area (TPSA) is 73.1 Å². The molecule has 1 amide bonds. The molecule has 7 heteroatoms. The number of rotatable bonds is 3. The number of benzene rings is 1. The van der Waals surface area contributed by atoms with Crippen molar-refractivity contribution in [1.29, 1.82) is 0 Å². The number of hydrogen-bond donors (Lipinski definition) is 0. The molecule has 38 heavy (non-hydrogen) atoms. The summed E-state index contributed by atoms with van der Waals surface area (Å²) >= 11 is 0. The standard InChI is InChI=1S/C31H35N5O2/c1-20(37)35-13-10-28-26(19-35)30(34-36(28)23-11-14-38-15-12-23)24-7-5-6-21-16-27(32-18-25(21)24)22-8-9-29(33-17-22)31(2,3)4/h5-9,16-18,23H,10-15,19H2,1-4H3. The van der Waals surface area contributed by atoms with E-state index in [2.05, 4.69) is 61.9 Å². The number of ether oxygens (including phenoxy) is 1. The van der Waals surface area contributed by atoms with Gasteiger partial charge in [-0.1, -0.05) is 39.0 Å². The van der Waals surface area contributed by atoms with Gasteiger partial charge in [0.15, 0.2) is 0 Å². The fourth-order valence-electron chi connectivity index (χ4n) is 5.69. The van der Waals surface area contributed by atoms with Crippen molar-refractivity contribution >= 4 is 16.7 Å². The molecule has 196 valence electrons. The minimum absolute atomic E-state index is 0.00933. The van der Waals surface area contributed by atoms with E-state index in [1.54, 1.807) is 6.92 Å². The molecule has 0 aliphatic carbocycles. The fourth-order valence-corrected chi connectivity index (χ4v) is 5.69. The van der Waals surface area contributed by atoms with Crippen LogP contribution in [0.3, 0.4) is 0 Å². The Morgan fingerprint density at radius 3 is 2.58 bits per heavy atom. The van der Waals surface area contributed by atoms with Gasteiger partial charge in [0.25, 0.3) is 0 Å². The molecule has 5 heterocycles. The number of aromatic nitrogens is 4. The maximum Gasteiger partial charge on any atom is 0.219 e. The molecule has 0 spiro atoms. The molecular weight excluding hydrogens is 474 g/mol. The van der Waals surface area contributed by atoms with Crippen LogP contribution in [0, 0.1) is 0 Å². The molecule has 0 N–H and O–H groups in total. The van der Waals surface area contributed by atoms with Crippen molar-refractivity contribution in [2.24, 2.45) is 0 Å². The van der Waals surface area contributed by atoms with Gasteiger partial charge < -0.3 is 9.64 Å². The first-order valence-corrected chi connectivity index (χ1v) is 13.6. The highest BCUT2D eigenvalue weighted by molar-refractivity contribution is 5.97. The largest absolute Gasteiger partial charge is 0.381 e. The van der Waals surface area contributed by atoms with Gasteiger partial charge in [-0.3, -0.25) is 19.4 Å². The Kier molecular flexibility index (Phi) is 6.26. The first-order chi connectivity index (χ1) is 18.3. The van der Waals surface area contributed by atoms with Crippen LogP contribution in [0.15, 0.2) is 48.8 Å². The third kappa shape index (κ3) is 4.49. The molecule has 0 saturated carbocycles. The van der Waals surface area contributed by atoms with Gasteiger partial charge in [-0.25, -0.2) is 0 Å². The quantitative estimate of drug-likeness (QED) is 0.354. The van der Waals surface area contributed by atoms with Crippen LogP contribution in [0.5, 0.6) is 0 Å². The molecule has 3 aromatic heterocycles. The van der Waals surface area contributed by atoms with Crippen LogP contribution in [0.25, 0.3) is 33.3 Å². The van der Waals surface area contributed by atoms with Crippen molar-refractivity contribution in [3.63, 3.8) is 0 Å². The molecule has 6 rings (SSSR count). The lowest BCUT2D eigenvalue weighted by Gasteiger charge is -2.29. The number of amides is 1.